The molecule has 2 aromatic rings. The van der Waals surface area contributed by atoms with Gasteiger partial charge in [0, 0.05) is 31.0 Å². The average Bonchev–Trinajstić information content (AvgIpc) is 2.62. The Morgan fingerprint density at radius 3 is 2.31 bits per heavy atom. The molecule has 0 amide bonds. The highest BCUT2D eigenvalue weighted by molar-refractivity contribution is 7.89. The third-order valence-electron chi connectivity index (χ3n) is 4.21. The lowest BCUT2D eigenvalue weighted by molar-refractivity contribution is 0.0730. The second kappa shape index (κ2) is 8.11. The highest BCUT2D eigenvalue weighted by Gasteiger charge is 2.25. The summed E-state index contributed by atoms with van der Waals surface area (Å²) in [5, 5.41) is 3.21. The summed E-state index contributed by atoms with van der Waals surface area (Å²) in [5.74, 6) is 0.619. The first-order chi connectivity index (χ1) is 12.4. The number of morpholine rings is 1. The first-order valence-corrected chi connectivity index (χ1v) is 10.1. The molecule has 0 atom stereocenters. The highest BCUT2D eigenvalue weighted by Crippen LogP contribution is 2.18. The van der Waals surface area contributed by atoms with Crippen LogP contribution in [0.4, 0.5) is 5.95 Å². The monoisotopic (exact) mass is 376 g/mol. The summed E-state index contributed by atoms with van der Waals surface area (Å²) in [4.78, 5) is 9.02. The summed E-state index contributed by atoms with van der Waals surface area (Å²) in [6.07, 6.45) is 0.758. The number of sulfonamides is 1. The van der Waals surface area contributed by atoms with Crippen molar-refractivity contribution >= 4 is 16.0 Å². The summed E-state index contributed by atoms with van der Waals surface area (Å²) in [6, 6.07) is 8.99. The van der Waals surface area contributed by atoms with Crippen LogP contribution in [0.25, 0.3) is 0 Å². The van der Waals surface area contributed by atoms with Gasteiger partial charge < -0.3 is 10.1 Å². The average molecular weight is 376 g/mol. The van der Waals surface area contributed by atoms with Crippen LogP contribution in [0.5, 0.6) is 0 Å². The zero-order chi connectivity index (χ0) is 18.6. The van der Waals surface area contributed by atoms with Gasteiger partial charge in [0.25, 0.3) is 0 Å². The molecule has 1 saturated heterocycles. The molecule has 3 rings (SSSR count). The molecule has 0 spiro atoms. The summed E-state index contributed by atoms with van der Waals surface area (Å²) in [5.41, 5.74) is 2.91. The number of ether oxygens (including phenoxy) is 1. The molecule has 1 aliphatic heterocycles. The van der Waals surface area contributed by atoms with E-state index in [9.17, 15) is 8.42 Å². The van der Waals surface area contributed by atoms with E-state index >= 15 is 0 Å². The number of hydrogen-bond donors (Lipinski definition) is 1. The molecule has 8 heteroatoms. The third kappa shape index (κ3) is 4.57. The molecule has 1 N–H and O–H groups in total. The molecular formula is C18H24N4O3S. The Balaban J connectivity index is 1.59. The number of aromatic nitrogens is 2. The number of benzene rings is 1. The van der Waals surface area contributed by atoms with Gasteiger partial charge in [0.2, 0.25) is 16.0 Å². The fourth-order valence-electron chi connectivity index (χ4n) is 2.89. The van der Waals surface area contributed by atoms with Crippen LogP contribution >= 0.6 is 0 Å². The van der Waals surface area contributed by atoms with E-state index in [-0.39, 0.29) is 0 Å². The number of nitrogens with zero attached hydrogens (tertiary/aromatic N) is 3. The van der Waals surface area contributed by atoms with E-state index in [1.54, 1.807) is 12.1 Å². The van der Waals surface area contributed by atoms with Gasteiger partial charge in [-0.3, -0.25) is 0 Å². The van der Waals surface area contributed by atoms with Crippen LogP contribution in [0.2, 0.25) is 0 Å². The minimum absolute atomic E-state index is 0.328. The van der Waals surface area contributed by atoms with Gasteiger partial charge in [-0.15, -0.1) is 0 Å². The Morgan fingerprint density at radius 1 is 1.08 bits per heavy atom. The van der Waals surface area contributed by atoms with Gasteiger partial charge in [0.1, 0.15) is 0 Å². The van der Waals surface area contributed by atoms with Crippen LogP contribution in [0.15, 0.2) is 35.2 Å². The Morgan fingerprint density at radius 2 is 1.69 bits per heavy atom. The van der Waals surface area contributed by atoms with Crippen LogP contribution in [-0.2, 0) is 21.2 Å². The van der Waals surface area contributed by atoms with Gasteiger partial charge in [-0.25, -0.2) is 18.4 Å². The van der Waals surface area contributed by atoms with Gasteiger partial charge in [-0.05, 0) is 44.0 Å². The summed E-state index contributed by atoms with van der Waals surface area (Å²) in [6.45, 7) is 6.26. The largest absolute Gasteiger partial charge is 0.379 e. The number of nitrogens with one attached hydrogen (secondary N) is 1. The van der Waals surface area contributed by atoms with Crippen molar-refractivity contribution < 1.29 is 13.2 Å². The molecule has 1 aromatic heterocycles. The quantitative estimate of drug-likeness (QED) is 0.827. The van der Waals surface area contributed by atoms with Crippen molar-refractivity contribution in [2.45, 2.75) is 25.2 Å². The van der Waals surface area contributed by atoms with E-state index < -0.39 is 10.0 Å². The van der Waals surface area contributed by atoms with Gasteiger partial charge in [-0.1, -0.05) is 12.1 Å². The summed E-state index contributed by atoms with van der Waals surface area (Å²) in [7, 11) is -3.43. The third-order valence-corrected chi connectivity index (χ3v) is 6.12. The molecule has 1 fully saturated rings. The van der Waals surface area contributed by atoms with E-state index in [4.69, 9.17) is 4.74 Å². The lowest BCUT2D eigenvalue weighted by Gasteiger charge is -2.26. The highest BCUT2D eigenvalue weighted by atomic mass is 32.2. The molecule has 7 nitrogen and oxygen atoms in total. The smallest absolute Gasteiger partial charge is 0.243 e. The normalized spacial score (nSPS) is 15.8. The lowest BCUT2D eigenvalue weighted by atomic mass is 10.1. The second-order valence-electron chi connectivity index (χ2n) is 6.31. The van der Waals surface area contributed by atoms with Crippen molar-refractivity contribution in [3.63, 3.8) is 0 Å². The van der Waals surface area contributed by atoms with Crippen molar-refractivity contribution in [1.29, 1.82) is 0 Å². The molecule has 0 radical (unpaired) electrons. The van der Waals surface area contributed by atoms with Crippen molar-refractivity contribution in [1.82, 2.24) is 14.3 Å². The van der Waals surface area contributed by atoms with Crippen molar-refractivity contribution in [3.8, 4) is 0 Å². The zero-order valence-electron chi connectivity index (χ0n) is 15.1. The van der Waals surface area contributed by atoms with E-state index in [0.717, 1.165) is 23.4 Å². The maximum atomic E-state index is 12.6. The van der Waals surface area contributed by atoms with E-state index in [0.29, 0.717) is 43.7 Å². The molecule has 140 valence electrons. The Hall–Kier alpha value is -2.03. The fourth-order valence-corrected chi connectivity index (χ4v) is 4.30. The van der Waals surface area contributed by atoms with Gasteiger partial charge in [0.15, 0.2) is 0 Å². The minimum Gasteiger partial charge on any atom is -0.379 e. The molecule has 0 unspecified atom stereocenters. The maximum Gasteiger partial charge on any atom is 0.243 e. The Kier molecular flexibility index (Phi) is 5.85. The predicted molar refractivity (Wildman–Crippen MR) is 99.7 cm³/mol. The van der Waals surface area contributed by atoms with Crippen LogP contribution in [-0.4, -0.2) is 55.5 Å². The number of rotatable bonds is 6. The second-order valence-corrected chi connectivity index (χ2v) is 8.25. The molecule has 0 saturated carbocycles. The standard InChI is InChI=1S/C18H24N4O3S/c1-14-13-15(2)21-18(20-14)19-8-7-16-3-5-17(6-4-16)26(23,24)22-9-11-25-12-10-22/h3-6,13H,7-12H2,1-2H3,(H,19,20,21). The topological polar surface area (TPSA) is 84.4 Å². The molecular weight excluding hydrogens is 352 g/mol. The minimum atomic E-state index is -3.43. The molecule has 1 aromatic carbocycles. The molecule has 26 heavy (non-hydrogen) atoms. The van der Waals surface area contributed by atoms with Gasteiger partial charge in [-0.2, -0.15) is 4.31 Å². The predicted octanol–water partition coefficient (Wildman–Crippen LogP) is 1.77. The SMILES string of the molecule is Cc1cc(C)nc(NCCc2ccc(S(=O)(=O)N3CCOCC3)cc2)n1. The zero-order valence-corrected chi connectivity index (χ0v) is 15.9. The van der Waals surface area contributed by atoms with Gasteiger partial charge in [0.05, 0.1) is 18.1 Å². The molecule has 0 bridgehead atoms. The number of anilines is 1. The first kappa shape index (κ1) is 18.8. The number of hydrogen-bond acceptors (Lipinski definition) is 6. The number of aryl methyl sites for hydroxylation is 2. The van der Waals surface area contributed by atoms with Crippen LogP contribution in [0, 0.1) is 13.8 Å². The Labute approximate surface area is 154 Å². The van der Waals surface area contributed by atoms with Crippen molar-refractivity contribution in [3.05, 3.63) is 47.3 Å². The Bertz CT molecular complexity index is 827. The lowest BCUT2D eigenvalue weighted by Crippen LogP contribution is -2.40. The van der Waals surface area contributed by atoms with Crippen LogP contribution < -0.4 is 5.32 Å². The van der Waals surface area contributed by atoms with Crippen LogP contribution in [0.3, 0.4) is 0 Å². The fraction of sp³-hybridized carbons (Fsp3) is 0.444. The molecule has 0 aliphatic carbocycles. The maximum absolute atomic E-state index is 12.6. The van der Waals surface area contributed by atoms with E-state index in [2.05, 4.69) is 15.3 Å². The van der Waals surface area contributed by atoms with Crippen LogP contribution in [0.1, 0.15) is 17.0 Å². The first-order valence-electron chi connectivity index (χ1n) is 8.68. The van der Waals surface area contributed by atoms with Crippen molar-refractivity contribution in [2.75, 3.05) is 38.2 Å². The van der Waals surface area contributed by atoms with Gasteiger partial charge >= 0.3 is 0 Å². The van der Waals surface area contributed by atoms with E-state index in [1.165, 1.54) is 4.31 Å². The molecule has 2 heterocycles. The van der Waals surface area contributed by atoms with Crippen molar-refractivity contribution in [2.24, 2.45) is 0 Å². The van der Waals surface area contributed by atoms with E-state index in [1.807, 2.05) is 32.0 Å². The summed E-state index contributed by atoms with van der Waals surface area (Å²) >= 11 is 0. The molecule has 1 aliphatic rings. The summed E-state index contributed by atoms with van der Waals surface area (Å²) < 4.78 is 31.9.